The van der Waals surface area contributed by atoms with Crippen LogP contribution in [0.5, 0.6) is 5.75 Å². The minimum atomic E-state index is 0.277. The fourth-order valence-electron chi connectivity index (χ4n) is 2.23. The Bertz CT molecular complexity index is 528. The molecule has 0 spiro atoms. The molecule has 1 aromatic heterocycles. The number of fused-ring (bicyclic) bond motifs is 1. The van der Waals surface area contributed by atoms with Crippen molar-refractivity contribution in [2.45, 2.75) is 32.9 Å². The monoisotopic (exact) mass is 232 g/mol. The quantitative estimate of drug-likeness (QED) is 0.852. The number of aromatic hydroxyl groups is 1. The number of nitrogens with zero attached hydrogens (tertiary/aromatic N) is 1. The molecule has 0 amide bonds. The summed E-state index contributed by atoms with van der Waals surface area (Å²) < 4.78 is 2.13. The van der Waals surface area contributed by atoms with E-state index in [1.54, 1.807) is 6.07 Å². The van der Waals surface area contributed by atoms with Gasteiger partial charge in [-0.3, -0.25) is 0 Å². The molecule has 3 heteroatoms. The third-order valence-corrected chi connectivity index (χ3v) is 3.32. The largest absolute Gasteiger partial charge is 0.506 e. The first kappa shape index (κ1) is 12.0. The van der Waals surface area contributed by atoms with Crippen molar-refractivity contribution in [2.75, 3.05) is 7.05 Å². The molecule has 1 unspecified atom stereocenters. The molecule has 0 radical (unpaired) electrons. The van der Waals surface area contributed by atoms with Gasteiger partial charge in [0.1, 0.15) is 5.75 Å². The van der Waals surface area contributed by atoms with Crippen LogP contribution >= 0.6 is 0 Å². The number of rotatable bonds is 3. The fraction of sp³-hybridized carbons (Fsp3) is 0.429. The van der Waals surface area contributed by atoms with Crippen LogP contribution in [0.4, 0.5) is 0 Å². The Balaban J connectivity index is 2.75. The fourth-order valence-corrected chi connectivity index (χ4v) is 2.23. The van der Waals surface area contributed by atoms with E-state index < -0.39 is 0 Å². The first-order valence-corrected chi connectivity index (χ1v) is 6.06. The van der Waals surface area contributed by atoms with Crippen molar-refractivity contribution in [2.24, 2.45) is 0 Å². The summed E-state index contributed by atoms with van der Waals surface area (Å²) in [5.41, 5.74) is 2.16. The molecule has 0 aliphatic rings. The molecule has 0 fully saturated rings. The van der Waals surface area contributed by atoms with Crippen molar-refractivity contribution < 1.29 is 5.11 Å². The second kappa shape index (κ2) is 4.41. The molecule has 17 heavy (non-hydrogen) atoms. The van der Waals surface area contributed by atoms with E-state index in [4.69, 9.17) is 0 Å². The van der Waals surface area contributed by atoms with Gasteiger partial charge in [0, 0.05) is 23.7 Å². The third-order valence-electron chi connectivity index (χ3n) is 3.32. The molecule has 1 heterocycles. The van der Waals surface area contributed by atoms with Gasteiger partial charge in [-0.25, -0.2) is 0 Å². The van der Waals surface area contributed by atoms with Crippen molar-refractivity contribution in [1.29, 1.82) is 0 Å². The normalized spacial score (nSPS) is 13.5. The van der Waals surface area contributed by atoms with Crippen molar-refractivity contribution >= 4 is 10.9 Å². The van der Waals surface area contributed by atoms with Gasteiger partial charge in [-0.15, -0.1) is 0 Å². The minimum absolute atomic E-state index is 0.277. The maximum Gasteiger partial charge on any atom is 0.139 e. The molecule has 1 aromatic carbocycles. The van der Waals surface area contributed by atoms with Gasteiger partial charge in [0.05, 0.1) is 5.52 Å². The van der Waals surface area contributed by atoms with E-state index in [0.717, 1.165) is 10.9 Å². The summed E-state index contributed by atoms with van der Waals surface area (Å²) in [4.78, 5) is 0. The summed E-state index contributed by atoms with van der Waals surface area (Å²) in [6.07, 6.45) is 2.14. The summed E-state index contributed by atoms with van der Waals surface area (Å²) in [6.45, 7) is 6.38. The molecule has 0 aliphatic heterocycles. The van der Waals surface area contributed by atoms with Gasteiger partial charge in [-0.05, 0) is 39.4 Å². The molecule has 0 bridgehead atoms. The second-order valence-electron chi connectivity index (χ2n) is 4.77. The predicted molar refractivity (Wildman–Crippen MR) is 71.5 cm³/mol. The Morgan fingerprint density at radius 2 is 1.94 bits per heavy atom. The Labute approximate surface area is 102 Å². The second-order valence-corrected chi connectivity index (χ2v) is 4.77. The van der Waals surface area contributed by atoms with Crippen LogP contribution in [0.1, 0.15) is 38.4 Å². The number of phenols is 1. The first-order chi connectivity index (χ1) is 8.06. The van der Waals surface area contributed by atoms with Gasteiger partial charge in [0.25, 0.3) is 0 Å². The van der Waals surface area contributed by atoms with Crippen LogP contribution in [0, 0.1) is 0 Å². The predicted octanol–water partition coefficient (Wildman–Crippen LogP) is 3.21. The average Bonchev–Trinajstić information content (AvgIpc) is 2.69. The molecule has 0 saturated heterocycles. The Morgan fingerprint density at radius 1 is 1.24 bits per heavy atom. The number of benzene rings is 1. The van der Waals surface area contributed by atoms with Crippen molar-refractivity contribution in [1.82, 2.24) is 9.88 Å². The number of nitrogens with one attached hydrogen (secondary N) is 1. The van der Waals surface area contributed by atoms with Crippen LogP contribution in [-0.2, 0) is 0 Å². The number of hydrogen-bond acceptors (Lipinski definition) is 2. The smallest absolute Gasteiger partial charge is 0.139 e. The summed E-state index contributed by atoms with van der Waals surface area (Å²) in [7, 11) is 1.95. The lowest BCUT2D eigenvalue weighted by molar-refractivity contribution is 0.475. The maximum absolute atomic E-state index is 10.0. The molecule has 2 aromatic rings. The number of hydrogen-bond donors (Lipinski definition) is 2. The highest BCUT2D eigenvalue weighted by molar-refractivity contribution is 5.89. The lowest BCUT2D eigenvalue weighted by Gasteiger charge is -2.10. The van der Waals surface area contributed by atoms with Crippen molar-refractivity contribution in [3.05, 3.63) is 30.0 Å². The van der Waals surface area contributed by atoms with Gasteiger partial charge in [0.15, 0.2) is 0 Å². The molecule has 0 aliphatic carbocycles. The Morgan fingerprint density at radius 3 is 2.53 bits per heavy atom. The molecule has 92 valence electrons. The minimum Gasteiger partial charge on any atom is -0.506 e. The Kier molecular flexibility index (Phi) is 3.11. The molecule has 2 rings (SSSR count). The summed E-state index contributed by atoms with van der Waals surface area (Å²) in [5, 5.41) is 14.4. The van der Waals surface area contributed by atoms with Gasteiger partial charge in [0.2, 0.25) is 0 Å². The van der Waals surface area contributed by atoms with Crippen LogP contribution in [0.15, 0.2) is 24.4 Å². The molecule has 3 nitrogen and oxygen atoms in total. The van der Waals surface area contributed by atoms with Crippen LogP contribution in [0.2, 0.25) is 0 Å². The standard InChI is InChI=1S/C14H20N2O/c1-9(2)16-8-12(10(3)15-4)11-6-5-7-13(17)14(11)16/h5-10,15,17H,1-4H3. The van der Waals surface area contributed by atoms with Gasteiger partial charge in [-0.2, -0.15) is 0 Å². The Hall–Kier alpha value is -1.48. The third kappa shape index (κ3) is 1.91. The zero-order valence-electron chi connectivity index (χ0n) is 10.9. The van der Waals surface area contributed by atoms with Crippen molar-refractivity contribution in [3.8, 4) is 5.75 Å². The lowest BCUT2D eigenvalue weighted by atomic mass is 10.1. The van der Waals surface area contributed by atoms with Crippen LogP contribution in [-0.4, -0.2) is 16.7 Å². The maximum atomic E-state index is 10.0. The molecule has 1 atom stereocenters. The highest BCUT2D eigenvalue weighted by atomic mass is 16.3. The van der Waals surface area contributed by atoms with E-state index in [-0.39, 0.29) is 6.04 Å². The van der Waals surface area contributed by atoms with E-state index in [1.807, 2.05) is 13.1 Å². The van der Waals surface area contributed by atoms with Crippen LogP contribution < -0.4 is 5.32 Å². The lowest BCUT2D eigenvalue weighted by Crippen LogP contribution is -2.11. The highest BCUT2D eigenvalue weighted by Crippen LogP contribution is 2.33. The van der Waals surface area contributed by atoms with E-state index in [0.29, 0.717) is 11.8 Å². The van der Waals surface area contributed by atoms with Gasteiger partial charge < -0.3 is 15.0 Å². The van der Waals surface area contributed by atoms with E-state index in [9.17, 15) is 5.11 Å². The number of phenolic OH excluding ortho intramolecular Hbond substituents is 1. The van der Waals surface area contributed by atoms with E-state index >= 15 is 0 Å². The average molecular weight is 232 g/mol. The molecule has 0 saturated carbocycles. The summed E-state index contributed by atoms with van der Waals surface area (Å²) >= 11 is 0. The number of aromatic nitrogens is 1. The van der Waals surface area contributed by atoms with E-state index in [1.165, 1.54) is 5.56 Å². The zero-order valence-corrected chi connectivity index (χ0v) is 10.9. The molecule has 2 N–H and O–H groups in total. The highest BCUT2D eigenvalue weighted by Gasteiger charge is 2.16. The van der Waals surface area contributed by atoms with Crippen LogP contribution in [0.3, 0.4) is 0 Å². The van der Waals surface area contributed by atoms with Gasteiger partial charge >= 0.3 is 0 Å². The molecular weight excluding hydrogens is 212 g/mol. The summed E-state index contributed by atoms with van der Waals surface area (Å²) in [6, 6.07) is 6.32. The van der Waals surface area contributed by atoms with E-state index in [2.05, 4.69) is 42.9 Å². The molecular formula is C14H20N2O. The topological polar surface area (TPSA) is 37.2 Å². The first-order valence-electron chi connectivity index (χ1n) is 6.06. The van der Waals surface area contributed by atoms with Crippen LogP contribution in [0.25, 0.3) is 10.9 Å². The SMILES string of the molecule is CNC(C)c1cn(C(C)C)c2c(O)cccc12. The zero-order chi connectivity index (χ0) is 12.6. The van der Waals surface area contributed by atoms with Crippen molar-refractivity contribution in [3.63, 3.8) is 0 Å². The number of para-hydroxylation sites is 1. The summed E-state index contributed by atoms with van der Waals surface area (Å²) in [5.74, 6) is 0.353. The van der Waals surface area contributed by atoms with Gasteiger partial charge in [-0.1, -0.05) is 12.1 Å².